The topological polar surface area (TPSA) is 116 Å². The fourth-order valence-corrected chi connectivity index (χ4v) is 5.11. The maximum atomic E-state index is 12.5. The summed E-state index contributed by atoms with van der Waals surface area (Å²) < 4.78 is 1.87. The van der Waals surface area contributed by atoms with Crippen LogP contribution < -0.4 is 5.32 Å². The molecule has 0 fully saturated rings. The first-order valence-corrected chi connectivity index (χ1v) is 12.5. The van der Waals surface area contributed by atoms with Crippen molar-refractivity contribution in [1.82, 2.24) is 19.7 Å². The number of carbonyl (C=O) groups is 1. The summed E-state index contributed by atoms with van der Waals surface area (Å²) in [6.45, 7) is 2.54. The highest BCUT2D eigenvalue weighted by atomic mass is 35.5. The molecule has 2 aromatic heterocycles. The predicted molar refractivity (Wildman–Crippen MR) is 135 cm³/mol. The molecule has 0 aliphatic carbocycles. The molecule has 0 atom stereocenters. The molecule has 0 unspecified atom stereocenters. The lowest BCUT2D eigenvalue weighted by Crippen LogP contribution is -2.14. The summed E-state index contributed by atoms with van der Waals surface area (Å²) in [6, 6.07) is 11.3. The van der Waals surface area contributed by atoms with Gasteiger partial charge in [0, 0.05) is 40.2 Å². The zero-order valence-corrected chi connectivity index (χ0v) is 20.7. The Bertz CT molecular complexity index is 1370. The molecule has 4 rings (SSSR count). The number of carbonyl (C=O) groups excluding carboxylic acids is 1. The van der Waals surface area contributed by atoms with E-state index in [1.807, 2.05) is 11.5 Å². The van der Waals surface area contributed by atoms with Crippen molar-refractivity contribution in [1.29, 1.82) is 0 Å². The van der Waals surface area contributed by atoms with Gasteiger partial charge in [0.25, 0.3) is 5.69 Å². The van der Waals surface area contributed by atoms with Crippen LogP contribution in [-0.4, -0.2) is 36.3 Å². The smallest absolute Gasteiger partial charge is 0.270 e. The first-order valence-electron chi connectivity index (χ1n) is 9.87. The first kappa shape index (κ1) is 24.1. The van der Waals surface area contributed by atoms with Crippen molar-refractivity contribution in [3.8, 4) is 22.6 Å². The summed E-state index contributed by atoms with van der Waals surface area (Å²) in [5.74, 6) is 0.424. The minimum absolute atomic E-state index is 0.0215. The Labute approximate surface area is 212 Å². The number of nitrogens with one attached hydrogen (secondary N) is 1. The molecule has 0 bridgehead atoms. The van der Waals surface area contributed by atoms with E-state index in [-0.39, 0.29) is 17.3 Å². The van der Waals surface area contributed by atoms with E-state index in [1.165, 1.54) is 35.2 Å². The van der Waals surface area contributed by atoms with Crippen molar-refractivity contribution < 1.29 is 9.72 Å². The van der Waals surface area contributed by atoms with Gasteiger partial charge in [-0.3, -0.25) is 14.9 Å². The number of aromatic nitrogens is 4. The Balaban J connectivity index is 1.42. The van der Waals surface area contributed by atoms with Crippen molar-refractivity contribution in [3.63, 3.8) is 0 Å². The predicted octanol–water partition coefficient (Wildman–Crippen LogP) is 6.03. The number of nitro groups is 1. The first-order chi connectivity index (χ1) is 16.4. The van der Waals surface area contributed by atoms with E-state index < -0.39 is 4.92 Å². The Kier molecular flexibility index (Phi) is 7.47. The third-order valence-corrected chi connectivity index (χ3v) is 6.91. The van der Waals surface area contributed by atoms with E-state index in [0.717, 1.165) is 0 Å². The number of thioether (sulfide) groups is 1. The molecule has 2 aromatic carbocycles. The van der Waals surface area contributed by atoms with E-state index in [0.29, 0.717) is 49.5 Å². The second-order valence-electron chi connectivity index (χ2n) is 6.86. The van der Waals surface area contributed by atoms with Crippen LogP contribution in [0.4, 0.5) is 10.8 Å². The summed E-state index contributed by atoms with van der Waals surface area (Å²) in [5.41, 5.74) is 1.83. The number of hydrogen-bond acceptors (Lipinski definition) is 8. The summed E-state index contributed by atoms with van der Waals surface area (Å²) in [4.78, 5) is 27.4. The highest BCUT2D eigenvalue weighted by molar-refractivity contribution is 7.99. The fourth-order valence-electron chi connectivity index (χ4n) is 3.08. The van der Waals surface area contributed by atoms with E-state index in [2.05, 4.69) is 20.5 Å². The van der Waals surface area contributed by atoms with Crippen molar-refractivity contribution in [3.05, 3.63) is 68.0 Å². The SMILES string of the molecule is CCn1c(SCC(=O)Nc2nc(-c3cccc([N+](=O)[O-])c3)cs2)nnc1-c1ccc(Cl)cc1Cl. The van der Waals surface area contributed by atoms with Gasteiger partial charge in [-0.2, -0.15) is 0 Å². The lowest BCUT2D eigenvalue weighted by Gasteiger charge is -2.08. The Morgan fingerprint density at radius 2 is 2.06 bits per heavy atom. The quantitative estimate of drug-likeness (QED) is 0.166. The number of non-ortho nitro benzene ring substituents is 1. The molecular weight excluding hydrogens is 519 g/mol. The molecule has 0 aliphatic heterocycles. The van der Waals surface area contributed by atoms with Gasteiger partial charge in [-0.1, -0.05) is 47.1 Å². The molecule has 34 heavy (non-hydrogen) atoms. The Hall–Kier alpha value is -2.99. The second kappa shape index (κ2) is 10.5. The largest absolute Gasteiger partial charge is 0.302 e. The average Bonchev–Trinajstić information content (AvgIpc) is 3.44. The van der Waals surface area contributed by atoms with Crippen LogP contribution in [0, 0.1) is 10.1 Å². The maximum absolute atomic E-state index is 12.5. The Morgan fingerprint density at radius 1 is 1.24 bits per heavy atom. The molecule has 1 N–H and O–H groups in total. The van der Waals surface area contributed by atoms with E-state index in [4.69, 9.17) is 23.2 Å². The minimum atomic E-state index is -0.461. The molecule has 0 aliphatic rings. The van der Waals surface area contributed by atoms with Crippen molar-refractivity contribution in [2.24, 2.45) is 0 Å². The number of hydrogen-bond donors (Lipinski definition) is 1. The van der Waals surface area contributed by atoms with Crippen LogP contribution in [0.25, 0.3) is 22.6 Å². The summed E-state index contributed by atoms with van der Waals surface area (Å²) in [6.07, 6.45) is 0. The van der Waals surface area contributed by atoms with Gasteiger partial charge in [-0.25, -0.2) is 4.98 Å². The number of rotatable bonds is 8. The molecular formula is C21H16Cl2N6O3S2. The number of anilines is 1. The van der Waals surface area contributed by atoms with Crippen LogP contribution in [0.1, 0.15) is 6.92 Å². The number of benzene rings is 2. The molecule has 0 saturated heterocycles. The highest BCUT2D eigenvalue weighted by Crippen LogP contribution is 2.32. The summed E-state index contributed by atoms with van der Waals surface area (Å²) in [7, 11) is 0. The van der Waals surface area contributed by atoms with Gasteiger partial charge in [0.15, 0.2) is 16.1 Å². The van der Waals surface area contributed by atoms with Crippen LogP contribution in [-0.2, 0) is 11.3 Å². The molecule has 1 amide bonds. The van der Waals surface area contributed by atoms with Gasteiger partial charge in [-0.05, 0) is 25.1 Å². The average molecular weight is 535 g/mol. The highest BCUT2D eigenvalue weighted by Gasteiger charge is 2.17. The third kappa shape index (κ3) is 5.39. The normalized spacial score (nSPS) is 10.9. The third-order valence-electron chi connectivity index (χ3n) is 4.64. The van der Waals surface area contributed by atoms with Crippen molar-refractivity contribution >= 4 is 63.0 Å². The van der Waals surface area contributed by atoms with Gasteiger partial charge >= 0.3 is 0 Å². The molecule has 9 nitrogen and oxygen atoms in total. The van der Waals surface area contributed by atoms with Gasteiger partial charge in [-0.15, -0.1) is 21.5 Å². The van der Waals surface area contributed by atoms with Crippen LogP contribution >= 0.6 is 46.3 Å². The number of amides is 1. The molecule has 0 radical (unpaired) electrons. The number of nitrogens with zero attached hydrogens (tertiary/aromatic N) is 5. The number of halogens is 2. The zero-order chi connectivity index (χ0) is 24.2. The number of nitro benzene ring substituents is 1. The monoisotopic (exact) mass is 534 g/mol. The second-order valence-corrected chi connectivity index (χ2v) is 9.50. The summed E-state index contributed by atoms with van der Waals surface area (Å²) in [5, 5.41) is 25.9. The van der Waals surface area contributed by atoms with Crippen molar-refractivity contribution in [2.75, 3.05) is 11.1 Å². The minimum Gasteiger partial charge on any atom is -0.302 e. The zero-order valence-electron chi connectivity index (χ0n) is 17.6. The lowest BCUT2D eigenvalue weighted by molar-refractivity contribution is -0.384. The molecule has 13 heteroatoms. The van der Waals surface area contributed by atoms with E-state index in [9.17, 15) is 14.9 Å². The van der Waals surface area contributed by atoms with Gasteiger partial charge < -0.3 is 9.88 Å². The molecule has 174 valence electrons. The van der Waals surface area contributed by atoms with Gasteiger partial charge in [0.1, 0.15) is 0 Å². The Morgan fingerprint density at radius 3 is 2.79 bits per heavy atom. The number of thiazole rings is 1. The van der Waals surface area contributed by atoms with E-state index in [1.54, 1.807) is 35.7 Å². The van der Waals surface area contributed by atoms with E-state index >= 15 is 0 Å². The van der Waals surface area contributed by atoms with Crippen LogP contribution in [0.5, 0.6) is 0 Å². The molecule has 2 heterocycles. The molecule has 4 aromatic rings. The van der Waals surface area contributed by atoms with Crippen LogP contribution in [0.15, 0.2) is 53.0 Å². The van der Waals surface area contributed by atoms with Crippen LogP contribution in [0.2, 0.25) is 10.0 Å². The van der Waals surface area contributed by atoms with Crippen LogP contribution in [0.3, 0.4) is 0 Å². The molecule has 0 saturated carbocycles. The van der Waals surface area contributed by atoms with Crippen molar-refractivity contribution in [2.45, 2.75) is 18.6 Å². The van der Waals surface area contributed by atoms with Gasteiger partial charge in [0.05, 0.1) is 21.4 Å². The fraction of sp³-hybridized carbons (Fsp3) is 0.143. The standard InChI is InChI=1S/C21H16Cl2N6O3S2/c1-2-28-19(15-7-6-13(22)9-16(15)23)26-27-21(28)34-11-18(30)25-20-24-17(10-33-20)12-4-3-5-14(8-12)29(31)32/h3-10H,2,11H2,1H3,(H,24,25,30). The maximum Gasteiger partial charge on any atom is 0.270 e. The lowest BCUT2D eigenvalue weighted by atomic mass is 10.1. The van der Waals surface area contributed by atoms with Gasteiger partial charge in [0.2, 0.25) is 5.91 Å². The summed E-state index contributed by atoms with van der Waals surface area (Å²) >= 11 is 14.8. The molecule has 0 spiro atoms.